The Labute approximate surface area is 215 Å². The Kier molecular flexibility index (Phi) is 6.80. The first kappa shape index (κ1) is 23.5. The van der Waals surface area contributed by atoms with Crippen molar-refractivity contribution in [2.45, 2.75) is 18.9 Å². The quantitative estimate of drug-likeness (QED) is 0.329. The SMILES string of the molecule is Bc1cnn2c(NC3CCN(C(=O)/C=C/c4cccc(Cl)c4)CC3)cc(-c3ccccc3Cl)nc12. The van der Waals surface area contributed by atoms with Gasteiger partial charge in [-0.05, 0) is 48.1 Å². The van der Waals surface area contributed by atoms with Crippen molar-refractivity contribution in [1.82, 2.24) is 19.5 Å². The number of piperidine rings is 1. The van der Waals surface area contributed by atoms with E-state index in [1.165, 1.54) is 0 Å². The number of nitrogens with zero attached hydrogens (tertiary/aromatic N) is 4. The Hall–Kier alpha value is -3.29. The van der Waals surface area contributed by atoms with Crippen LogP contribution in [-0.4, -0.2) is 52.4 Å². The van der Waals surface area contributed by atoms with E-state index in [-0.39, 0.29) is 11.9 Å². The minimum Gasteiger partial charge on any atom is -0.367 e. The third-order valence-corrected chi connectivity index (χ3v) is 6.79. The second kappa shape index (κ2) is 10.1. The third-order valence-electron chi connectivity index (χ3n) is 6.22. The molecule has 1 saturated heterocycles. The summed E-state index contributed by atoms with van der Waals surface area (Å²) in [5.74, 6) is 0.877. The first-order valence-corrected chi connectivity index (χ1v) is 12.3. The van der Waals surface area contributed by atoms with Gasteiger partial charge >= 0.3 is 0 Å². The molecule has 1 aliphatic heterocycles. The molecule has 0 unspecified atom stereocenters. The monoisotopic (exact) mass is 503 g/mol. The summed E-state index contributed by atoms with van der Waals surface area (Å²) >= 11 is 12.5. The molecule has 2 aromatic carbocycles. The van der Waals surface area contributed by atoms with Gasteiger partial charge in [-0.3, -0.25) is 4.79 Å². The fourth-order valence-electron chi connectivity index (χ4n) is 4.32. The van der Waals surface area contributed by atoms with Crippen LogP contribution in [0.1, 0.15) is 18.4 Å². The number of amides is 1. The van der Waals surface area contributed by atoms with Crippen molar-refractivity contribution in [3.05, 3.63) is 82.5 Å². The minimum absolute atomic E-state index is 0.0124. The maximum absolute atomic E-state index is 12.7. The lowest BCUT2D eigenvalue weighted by molar-refractivity contribution is -0.126. The normalized spacial score (nSPS) is 14.6. The molecule has 6 nitrogen and oxygen atoms in total. The second-order valence-electron chi connectivity index (χ2n) is 8.70. The molecule has 1 fully saturated rings. The van der Waals surface area contributed by atoms with Crippen molar-refractivity contribution in [3.8, 4) is 11.3 Å². The van der Waals surface area contributed by atoms with E-state index in [4.69, 9.17) is 28.2 Å². The van der Waals surface area contributed by atoms with Crippen LogP contribution in [0.25, 0.3) is 23.0 Å². The van der Waals surface area contributed by atoms with Crippen LogP contribution >= 0.6 is 23.2 Å². The van der Waals surface area contributed by atoms with Crippen molar-refractivity contribution >= 4 is 60.0 Å². The van der Waals surface area contributed by atoms with Crippen molar-refractivity contribution in [3.63, 3.8) is 0 Å². The molecule has 0 bridgehead atoms. The van der Waals surface area contributed by atoms with Gasteiger partial charge in [-0.1, -0.05) is 53.5 Å². The number of fused-ring (bicyclic) bond motifs is 1. The summed E-state index contributed by atoms with van der Waals surface area (Å²) in [5, 5.41) is 9.47. The number of nitrogens with one attached hydrogen (secondary N) is 1. The lowest BCUT2D eigenvalue weighted by Gasteiger charge is -2.32. The number of halogens is 2. The van der Waals surface area contributed by atoms with Crippen LogP contribution in [0.5, 0.6) is 0 Å². The average molecular weight is 504 g/mol. The molecule has 0 saturated carbocycles. The largest absolute Gasteiger partial charge is 0.367 e. The minimum atomic E-state index is 0.0124. The molecule has 3 heterocycles. The topological polar surface area (TPSA) is 62.5 Å². The highest BCUT2D eigenvalue weighted by Gasteiger charge is 2.23. The number of aromatic nitrogens is 3. The van der Waals surface area contributed by atoms with Gasteiger partial charge in [0.05, 0.1) is 5.69 Å². The van der Waals surface area contributed by atoms with Gasteiger partial charge in [0.15, 0.2) is 5.65 Å². The molecule has 4 aromatic rings. The number of carbonyl (C=O) groups excluding carboxylic acids is 1. The average Bonchev–Trinajstić information content (AvgIpc) is 3.24. The van der Waals surface area contributed by atoms with E-state index in [0.29, 0.717) is 23.1 Å². The van der Waals surface area contributed by atoms with Crippen molar-refractivity contribution < 1.29 is 4.79 Å². The van der Waals surface area contributed by atoms with Crippen LogP contribution in [0.3, 0.4) is 0 Å². The highest BCUT2D eigenvalue weighted by molar-refractivity contribution is 6.36. The van der Waals surface area contributed by atoms with E-state index in [0.717, 1.165) is 46.6 Å². The third kappa shape index (κ3) is 5.21. The number of benzene rings is 2. The molecule has 35 heavy (non-hydrogen) atoms. The van der Waals surface area contributed by atoms with Gasteiger partial charge in [0, 0.05) is 53.1 Å². The van der Waals surface area contributed by atoms with Gasteiger partial charge in [0.1, 0.15) is 13.7 Å². The molecule has 0 spiro atoms. The van der Waals surface area contributed by atoms with E-state index in [9.17, 15) is 4.79 Å². The number of hydrogen-bond acceptors (Lipinski definition) is 4. The van der Waals surface area contributed by atoms with Crippen LogP contribution in [0, 0.1) is 0 Å². The van der Waals surface area contributed by atoms with Crippen LogP contribution in [0.2, 0.25) is 10.0 Å². The first-order valence-electron chi connectivity index (χ1n) is 11.6. The molecule has 176 valence electrons. The molecule has 1 N–H and O–H groups in total. The highest BCUT2D eigenvalue weighted by Crippen LogP contribution is 2.29. The fraction of sp³-hybridized carbons (Fsp3) is 0.192. The molecular formula is C26H24BCl2N5O. The molecule has 0 atom stereocenters. The zero-order valence-corrected chi connectivity index (χ0v) is 20.8. The van der Waals surface area contributed by atoms with Gasteiger partial charge in [0.25, 0.3) is 0 Å². The lowest BCUT2D eigenvalue weighted by atomic mass is 10.0. The molecule has 0 radical (unpaired) electrons. The number of anilines is 1. The standard InChI is InChI=1S/C26H24BCl2N5O/c27-21-16-30-34-24(15-23(32-26(21)34)20-6-1-2-7-22(20)29)31-19-10-12-33(13-11-19)25(35)9-8-17-4-3-5-18(28)14-17/h1-9,14-16,19,31H,10-13,27H2/b9-8+. The number of likely N-dealkylation sites (tertiary alicyclic amines) is 1. The summed E-state index contributed by atoms with van der Waals surface area (Å²) in [5.41, 5.74) is 4.38. The molecule has 0 aliphatic carbocycles. The van der Waals surface area contributed by atoms with E-state index >= 15 is 0 Å². The fourth-order valence-corrected chi connectivity index (χ4v) is 4.75. The van der Waals surface area contributed by atoms with E-state index < -0.39 is 0 Å². The molecule has 1 aliphatic rings. The van der Waals surface area contributed by atoms with Gasteiger partial charge in [0.2, 0.25) is 5.91 Å². The van der Waals surface area contributed by atoms with E-state index in [1.807, 2.05) is 84.1 Å². The Morgan fingerprint density at radius 2 is 1.89 bits per heavy atom. The lowest BCUT2D eigenvalue weighted by Crippen LogP contribution is -2.42. The van der Waals surface area contributed by atoms with Crippen molar-refractivity contribution in [2.75, 3.05) is 18.4 Å². The second-order valence-corrected chi connectivity index (χ2v) is 9.55. The summed E-state index contributed by atoms with van der Waals surface area (Å²) < 4.78 is 1.83. The summed E-state index contributed by atoms with van der Waals surface area (Å²) in [6.45, 7) is 1.36. The molecule has 5 rings (SSSR count). The van der Waals surface area contributed by atoms with Gasteiger partial charge in [-0.2, -0.15) is 9.61 Å². The number of carbonyl (C=O) groups is 1. The Morgan fingerprint density at radius 1 is 1.09 bits per heavy atom. The van der Waals surface area contributed by atoms with Crippen LogP contribution in [0.15, 0.2) is 66.9 Å². The summed E-state index contributed by atoms with van der Waals surface area (Å²) in [4.78, 5) is 19.4. The van der Waals surface area contributed by atoms with E-state index in [1.54, 1.807) is 6.08 Å². The van der Waals surface area contributed by atoms with Crippen molar-refractivity contribution in [1.29, 1.82) is 0 Å². The van der Waals surface area contributed by atoms with E-state index in [2.05, 4.69) is 10.4 Å². The molecule has 1 amide bonds. The maximum Gasteiger partial charge on any atom is 0.246 e. The summed E-state index contributed by atoms with van der Waals surface area (Å²) in [6, 6.07) is 17.4. The first-order chi connectivity index (χ1) is 17.0. The Morgan fingerprint density at radius 3 is 2.66 bits per heavy atom. The zero-order chi connectivity index (χ0) is 24.4. The number of rotatable bonds is 5. The van der Waals surface area contributed by atoms with Crippen LogP contribution in [0.4, 0.5) is 5.82 Å². The predicted molar refractivity (Wildman–Crippen MR) is 145 cm³/mol. The van der Waals surface area contributed by atoms with Crippen LogP contribution in [-0.2, 0) is 4.79 Å². The molecule has 9 heteroatoms. The maximum atomic E-state index is 12.7. The molecule has 2 aromatic heterocycles. The van der Waals surface area contributed by atoms with Crippen LogP contribution < -0.4 is 10.8 Å². The van der Waals surface area contributed by atoms with Crippen molar-refractivity contribution in [2.24, 2.45) is 0 Å². The summed E-state index contributed by atoms with van der Waals surface area (Å²) in [6.07, 6.45) is 6.92. The summed E-state index contributed by atoms with van der Waals surface area (Å²) in [7, 11) is 2.00. The smallest absolute Gasteiger partial charge is 0.246 e. The number of hydrogen-bond donors (Lipinski definition) is 1. The Bertz CT molecular complexity index is 1410. The Balaban J connectivity index is 1.29. The predicted octanol–water partition coefficient (Wildman–Crippen LogP) is 4.08. The van der Waals surface area contributed by atoms with Gasteiger partial charge in [-0.25, -0.2) is 4.98 Å². The van der Waals surface area contributed by atoms with Gasteiger partial charge in [-0.15, -0.1) is 0 Å². The molecular weight excluding hydrogens is 480 g/mol. The van der Waals surface area contributed by atoms with Gasteiger partial charge < -0.3 is 10.2 Å². The highest BCUT2D eigenvalue weighted by atomic mass is 35.5. The zero-order valence-electron chi connectivity index (χ0n) is 19.3.